The van der Waals surface area contributed by atoms with Crippen LogP contribution >= 0.6 is 0 Å². The number of hydrogen-bond donors (Lipinski definition) is 3. The van der Waals surface area contributed by atoms with Crippen LogP contribution in [0.15, 0.2) is 0 Å². The highest BCUT2D eigenvalue weighted by Gasteiger charge is 2.23. The van der Waals surface area contributed by atoms with E-state index in [4.69, 9.17) is 5.11 Å². The van der Waals surface area contributed by atoms with E-state index in [1.165, 1.54) is 0 Å². The van der Waals surface area contributed by atoms with Gasteiger partial charge in [0.2, 0.25) is 5.91 Å². The molecule has 1 aromatic heterocycles. The van der Waals surface area contributed by atoms with Gasteiger partial charge in [-0.25, -0.2) is 0 Å². The van der Waals surface area contributed by atoms with Crippen LogP contribution in [0.1, 0.15) is 23.9 Å². The molecule has 18 heavy (non-hydrogen) atoms. The molecule has 100 valence electrons. The number of aliphatic hydroxyl groups excluding tert-OH is 1. The first-order valence-corrected chi connectivity index (χ1v) is 6.27. The molecule has 6 nitrogen and oxygen atoms in total. The van der Waals surface area contributed by atoms with Gasteiger partial charge in [-0.3, -0.25) is 9.89 Å². The maximum Gasteiger partial charge on any atom is 0.236 e. The molecule has 1 aliphatic heterocycles. The molecule has 1 aromatic rings. The molecule has 3 N–H and O–H groups in total. The number of carbonyl (C=O) groups excluding carboxylic acids is 1. The summed E-state index contributed by atoms with van der Waals surface area (Å²) in [6.07, 6.45) is 0.379. The summed E-state index contributed by atoms with van der Waals surface area (Å²) in [5.41, 5.74) is 3.26. The Balaban J connectivity index is 1.88. The van der Waals surface area contributed by atoms with Crippen LogP contribution in [0, 0.1) is 6.92 Å². The van der Waals surface area contributed by atoms with E-state index < -0.39 is 6.10 Å². The molecule has 0 saturated carbocycles. The highest BCUT2D eigenvalue weighted by Crippen LogP contribution is 2.19. The molecule has 0 radical (unpaired) electrons. The molecule has 6 heteroatoms. The second kappa shape index (κ2) is 5.49. The van der Waals surface area contributed by atoms with Gasteiger partial charge >= 0.3 is 0 Å². The van der Waals surface area contributed by atoms with Crippen molar-refractivity contribution < 1.29 is 9.90 Å². The third-order valence-corrected chi connectivity index (χ3v) is 3.20. The third kappa shape index (κ3) is 2.88. The molecule has 1 unspecified atom stereocenters. The standard InChI is InChI=1S/C12H20N4O2/c1-8(17)5-13-6-12(18)16-4-3-11-10(7-16)9(2)14-15-11/h8,13,17H,3-7H2,1-2H3,(H,14,15). The Hall–Kier alpha value is -1.40. The number of carbonyl (C=O) groups is 1. The van der Waals surface area contributed by atoms with Gasteiger partial charge in [0, 0.05) is 37.3 Å². The van der Waals surface area contributed by atoms with E-state index in [2.05, 4.69) is 15.5 Å². The Morgan fingerprint density at radius 3 is 3.17 bits per heavy atom. The molecule has 0 spiro atoms. The van der Waals surface area contributed by atoms with Gasteiger partial charge < -0.3 is 15.3 Å². The predicted molar refractivity (Wildman–Crippen MR) is 67.0 cm³/mol. The lowest BCUT2D eigenvalue weighted by molar-refractivity contribution is -0.131. The maximum atomic E-state index is 12.0. The van der Waals surface area contributed by atoms with E-state index in [0.29, 0.717) is 19.6 Å². The first-order chi connectivity index (χ1) is 8.58. The van der Waals surface area contributed by atoms with Crippen LogP contribution in [-0.2, 0) is 17.8 Å². The quantitative estimate of drug-likeness (QED) is 0.679. The highest BCUT2D eigenvalue weighted by atomic mass is 16.3. The Kier molecular flexibility index (Phi) is 3.98. The van der Waals surface area contributed by atoms with Gasteiger partial charge in [0.15, 0.2) is 0 Å². The fourth-order valence-corrected chi connectivity index (χ4v) is 2.14. The fourth-order valence-electron chi connectivity index (χ4n) is 2.14. The summed E-state index contributed by atoms with van der Waals surface area (Å²) >= 11 is 0. The SMILES string of the molecule is Cc1[nH]nc2c1CN(C(=O)CNCC(C)O)CC2. The number of fused-ring (bicyclic) bond motifs is 1. The molecule has 1 amide bonds. The van der Waals surface area contributed by atoms with E-state index in [0.717, 1.165) is 23.4 Å². The van der Waals surface area contributed by atoms with Crippen molar-refractivity contribution in [2.75, 3.05) is 19.6 Å². The molecule has 2 rings (SSSR count). The zero-order valence-electron chi connectivity index (χ0n) is 10.9. The second-order valence-electron chi connectivity index (χ2n) is 4.82. The molecule has 2 heterocycles. The van der Waals surface area contributed by atoms with Crippen LogP contribution in [-0.4, -0.2) is 51.8 Å². The lowest BCUT2D eigenvalue weighted by Gasteiger charge is -2.27. The molecule has 0 aromatic carbocycles. The van der Waals surface area contributed by atoms with Crippen LogP contribution in [0.4, 0.5) is 0 Å². The summed E-state index contributed by atoms with van der Waals surface area (Å²) in [5, 5.41) is 19.2. The van der Waals surface area contributed by atoms with Gasteiger partial charge in [-0.2, -0.15) is 5.10 Å². The van der Waals surface area contributed by atoms with E-state index in [9.17, 15) is 4.79 Å². The van der Waals surface area contributed by atoms with Gasteiger partial charge in [0.1, 0.15) is 0 Å². The minimum absolute atomic E-state index is 0.0712. The molecular weight excluding hydrogens is 232 g/mol. The lowest BCUT2D eigenvalue weighted by atomic mass is 10.1. The highest BCUT2D eigenvalue weighted by molar-refractivity contribution is 5.78. The summed E-state index contributed by atoms with van der Waals surface area (Å²) in [6.45, 7) is 5.73. The Labute approximate surface area is 106 Å². The number of aryl methyl sites for hydroxylation is 1. The number of aliphatic hydroxyl groups is 1. The van der Waals surface area contributed by atoms with Crippen molar-refractivity contribution in [3.8, 4) is 0 Å². The largest absolute Gasteiger partial charge is 0.392 e. The van der Waals surface area contributed by atoms with Gasteiger partial charge in [0.25, 0.3) is 0 Å². The zero-order chi connectivity index (χ0) is 13.1. The predicted octanol–water partition coefficient (Wildman–Crippen LogP) is -0.427. The van der Waals surface area contributed by atoms with Crippen molar-refractivity contribution in [3.63, 3.8) is 0 Å². The number of H-pyrrole nitrogens is 1. The molecule has 0 bridgehead atoms. The number of hydrogen-bond acceptors (Lipinski definition) is 4. The summed E-state index contributed by atoms with van der Waals surface area (Å²) < 4.78 is 0. The van der Waals surface area contributed by atoms with Gasteiger partial charge in [-0.05, 0) is 13.8 Å². The molecule has 0 aliphatic carbocycles. The number of nitrogens with zero attached hydrogens (tertiary/aromatic N) is 2. The van der Waals surface area contributed by atoms with Crippen molar-refractivity contribution in [1.29, 1.82) is 0 Å². The van der Waals surface area contributed by atoms with E-state index in [1.54, 1.807) is 6.92 Å². The summed E-state index contributed by atoms with van der Waals surface area (Å²) in [7, 11) is 0. The number of nitrogens with one attached hydrogen (secondary N) is 2. The average molecular weight is 252 g/mol. The summed E-state index contributed by atoms with van der Waals surface area (Å²) in [6, 6.07) is 0. The normalized spacial score (nSPS) is 16.5. The van der Waals surface area contributed by atoms with E-state index >= 15 is 0 Å². The smallest absolute Gasteiger partial charge is 0.236 e. The molecular formula is C12H20N4O2. The van der Waals surface area contributed by atoms with Crippen molar-refractivity contribution in [1.82, 2.24) is 20.4 Å². The van der Waals surface area contributed by atoms with Crippen molar-refractivity contribution in [2.24, 2.45) is 0 Å². The summed E-state index contributed by atoms with van der Waals surface area (Å²) in [4.78, 5) is 13.8. The Bertz CT molecular complexity index is 428. The topological polar surface area (TPSA) is 81.2 Å². The fraction of sp³-hybridized carbons (Fsp3) is 0.667. The van der Waals surface area contributed by atoms with Crippen molar-refractivity contribution in [3.05, 3.63) is 17.0 Å². The third-order valence-electron chi connectivity index (χ3n) is 3.20. The molecule has 1 aliphatic rings. The van der Waals surface area contributed by atoms with Crippen LogP contribution in [0.2, 0.25) is 0 Å². The number of rotatable bonds is 4. The summed E-state index contributed by atoms with van der Waals surface area (Å²) in [5.74, 6) is 0.0712. The minimum atomic E-state index is -0.429. The number of amides is 1. The Morgan fingerprint density at radius 1 is 1.67 bits per heavy atom. The lowest BCUT2D eigenvalue weighted by Crippen LogP contribution is -2.42. The number of aromatic nitrogens is 2. The van der Waals surface area contributed by atoms with Crippen LogP contribution in [0.5, 0.6) is 0 Å². The van der Waals surface area contributed by atoms with Gasteiger partial charge in [0.05, 0.1) is 18.3 Å². The zero-order valence-corrected chi connectivity index (χ0v) is 10.9. The van der Waals surface area contributed by atoms with Gasteiger partial charge in [-0.15, -0.1) is 0 Å². The van der Waals surface area contributed by atoms with Crippen molar-refractivity contribution in [2.45, 2.75) is 32.9 Å². The monoisotopic (exact) mass is 252 g/mol. The molecule has 0 saturated heterocycles. The Morgan fingerprint density at radius 2 is 2.44 bits per heavy atom. The minimum Gasteiger partial charge on any atom is -0.392 e. The second-order valence-corrected chi connectivity index (χ2v) is 4.82. The first kappa shape index (κ1) is 13.0. The number of aromatic amines is 1. The van der Waals surface area contributed by atoms with Crippen LogP contribution in [0.25, 0.3) is 0 Å². The van der Waals surface area contributed by atoms with Crippen LogP contribution < -0.4 is 5.32 Å². The van der Waals surface area contributed by atoms with Crippen molar-refractivity contribution >= 4 is 5.91 Å². The molecule has 0 fully saturated rings. The van der Waals surface area contributed by atoms with Crippen LogP contribution in [0.3, 0.4) is 0 Å². The maximum absolute atomic E-state index is 12.0. The average Bonchev–Trinajstić information content (AvgIpc) is 2.70. The van der Waals surface area contributed by atoms with E-state index in [-0.39, 0.29) is 12.5 Å². The van der Waals surface area contributed by atoms with Gasteiger partial charge in [-0.1, -0.05) is 0 Å². The first-order valence-electron chi connectivity index (χ1n) is 6.27. The van der Waals surface area contributed by atoms with E-state index in [1.807, 2.05) is 11.8 Å². The molecule has 1 atom stereocenters.